The van der Waals surface area contributed by atoms with Gasteiger partial charge in [0.2, 0.25) is 5.78 Å². The van der Waals surface area contributed by atoms with E-state index in [0.29, 0.717) is 6.92 Å². The van der Waals surface area contributed by atoms with Gasteiger partial charge in [-0.15, -0.1) is 0 Å². The summed E-state index contributed by atoms with van der Waals surface area (Å²) in [4.78, 5) is 9.34. The number of alkyl halides is 6. The van der Waals surface area contributed by atoms with Crippen molar-refractivity contribution < 1.29 is 46.8 Å². The van der Waals surface area contributed by atoms with Gasteiger partial charge in [-0.25, -0.2) is 0 Å². The summed E-state index contributed by atoms with van der Waals surface area (Å²) in [5.74, 6) is -5.32. The zero-order valence-corrected chi connectivity index (χ0v) is 8.07. The lowest BCUT2D eigenvalue weighted by molar-refractivity contribution is -0.339. The minimum Gasteiger partial charge on any atom is -0.412 e. The fourth-order valence-corrected chi connectivity index (χ4v) is 0. The Morgan fingerprint density at radius 3 is 1.12 bits per heavy atom. The van der Waals surface area contributed by atoms with Crippen LogP contribution in [0.1, 0.15) is 13.8 Å². The highest BCUT2D eigenvalue weighted by Gasteiger charge is 2.48. The Morgan fingerprint density at radius 1 is 1.00 bits per heavy atom. The summed E-state index contributed by atoms with van der Waals surface area (Å²) in [7, 11) is 0. The highest BCUT2D eigenvalue weighted by Crippen LogP contribution is 2.26. The van der Waals surface area contributed by atoms with E-state index in [-0.39, 0.29) is 12.4 Å². The second-order valence-corrected chi connectivity index (χ2v) is 2.57. The first-order chi connectivity index (χ1) is 6.19. The molecule has 0 aliphatic rings. The van der Waals surface area contributed by atoms with Gasteiger partial charge >= 0.3 is 12.4 Å². The molecule has 10 heteroatoms. The van der Waals surface area contributed by atoms with Crippen LogP contribution >= 0.6 is 0 Å². The molecule has 0 aromatic rings. The van der Waals surface area contributed by atoms with Crippen molar-refractivity contribution in [3.05, 3.63) is 0 Å². The molecule has 0 aliphatic heterocycles. The summed E-state index contributed by atoms with van der Waals surface area (Å²) in [6.07, 6.45) is -9.59. The highest BCUT2D eigenvalue weighted by atomic mass is 19.4. The van der Waals surface area contributed by atoms with Crippen LogP contribution in [0.2, 0.25) is 0 Å². The lowest BCUT2D eigenvalue weighted by Crippen LogP contribution is -2.41. The number of hydrogen-bond acceptors (Lipinski definition) is 3. The van der Waals surface area contributed by atoms with Crippen molar-refractivity contribution in [2.75, 3.05) is 0 Å². The van der Waals surface area contributed by atoms with E-state index in [4.69, 9.17) is 10.2 Å². The third kappa shape index (κ3) is 9.68. The van der Waals surface area contributed by atoms with E-state index in [2.05, 4.69) is 0 Å². The molecule has 4 N–H and O–H groups in total. The molecule has 4 nitrogen and oxygen atoms in total. The molecule has 0 saturated carbocycles. The topological polar surface area (TPSA) is 89.0 Å². The van der Waals surface area contributed by atoms with Gasteiger partial charge in [0.25, 0.3) is 5.79 Å². The lowest BCUT2D eigenvalue weighted by atomic mass is 10.3. The molecular weight excluding hydrogens is 250 g/mol. The van der Waals surface area contributed by atoms with Crippen LogP contribution in [0.15, 0.2) is 0 Å². The predicted molar refractivity (Wildman–Crippen MR) is 39.2 cm³/mol. The van der Waals surface area contributed by atoms with E-state index in [9.17, 15) is 31.1 Å². The van der Waals surface area contributed by atoms with Crippen LogP contribution in [0.3, 0.4) is 0 Å². The first-order valence-corrected chi connectivity index (χ1v) is 3.29. The van der Waals surface area contributed by atoms with E-state index in [1.54, 1.807) is 0 Å². The summed E-state index contributed by atoms with van der Waals surface area (Å²) in [5.41, 5.74) is 0. The summed E-state index contributed by atoms with van der Waals surface area (Å²) in [5, 5.41) is 15.6. The number of halogens is 6. The number of aliphatic hydroxyl groups is 2. The first kappa shape index (κ1) is 20.5. The molecule has 0 bridgehead atoms. The monoisotopic (exact) mass is 260 g/mol. The highest BCUT2D eigenvalue weighted by molar-refractivity contribution is 5.81. The second-order valence-electron chi connectivity index (χ2n) is 2.57. The Labute approximate surface area is 85.8 Å². The molecule has 0 unspecified atom stereocenters. The quantitative estimate of drug-likeness (QED) is 0.492. The third-order valence-corrected chi connectivity index (χ3v) is 0.936. The van der Waals surface area contributed by atoms with Crippen LogP contribution in [-0.4, -0.2) is 39.6 Å². The Kier molecular flexibility index (Phi) is 7.71. The van der Waals surface area contributed by atoms with Gasteiger partial charge < -0.3 is 15.7 Å². The van der Waals surface area contributed by atoms with Crippen molar-refractivity contribution in [3.8, 4) is 0 Å². The molecule has 0 radical (unpaired) electrons. The van der Waals surface area contributed by atoms with Crippen LogP contribution < -0.4 is 0 Å². The largest absolute Gasteiger partial charge is 0.449 e. The molecule has 0 saturated heterocycles. The molecule has 100 valence electrons. The summed E-state index contributed by atoms with van der Waals surface area (Å²) in [6.45, 7) is 0.743. The van der Waals surface area contributed by atoms with Gasteiger partial charge in [0.1, 0.15) is 0 Å². The van der Waals surface area contributed by atoms with E-state index in [1.807, 2.05) is 0 Å². The lowest BCUT2D eigenvalue weighted by Gasteiger charge is -2.18. The van der Waals surface area contributed by atoms with Crippen molar-refractivity contribution in [2.45, 2.75) is 32.0 Å². The van der Waals surface area contributed by atoms with Crippen LogP contribution in [0.5, 0.6) is 0 Å². The normalized spacial score (nSPS) is 12.1. The molecule has 0 aromatic carbocycles. The predicted octanol–water partition coefficient (Wildman–Crippen LogP) is 0.562. The summed E-state index contributed by atoms with van der Waals surface area (Å²) >= 11 is 0. The molecule has 0 spiro atoms. The van der Waals surface area contributed by atoms with Gasteiger partial charge in [0.15, 0.2) is 0 Å². The number of hydrogen-bond donors (Lipinski definition) is 2. The number of carbonyl (C=O) groups is 1. The van der Waals surface area contributed by atoms with Gasteiger partial charge in [-0.1, -0.05) is 0 Å². The van der Waals surface area contributed by atoms with Crippen molar-refractivity contribution >= 4 is 5.78 Å². The number of ketones is 1. The maximum Gasteiger partial charge on any atom is 0.449 e. The summed E-state index contributed by atoms with van der Waals surface area (Å²) in [6, 6.07) is 0. The van der Waals surface area contributed by atoms with Gasteiger partial charge in [0, 0.05) is 6.92 Å². The molecule has 0 fully saturated rings. The Bertz CT molecular complexity index is 201. The van der Waals surface area contributed by atoms with Crippen molar-refractivity contribution in [2.24, 2.45) is 0 Å². The van der Waals surface area contributed by atoms with E-state index in [1.165, 1.54) is 0 Å². The molecule has 0 aliphatic carbocycles. The van der Waals surface area contributed by atoms with Gasteiger partial charge in [-0.05, 0) is 6.92 Å². The van der Waals surface area contributed by atoms with E-state index >= 15 is 0 Å². The third-order valence-electron chi connectivity index (χ3n) is 0.936. The minimum absolute atomic E-state index is 0. The van der Waals surface area contributed by atoms with Gasteiger partial charge in [-0.2, -0.15) is 26.3 Å². The second kappa shape index (κ2) is 6.01. The maximum absolute atomic E-state index is 11.1. The van der Waals surface area contributed by atoms with Gasteiger partial charge in [0.05, 0.1) is 0 Å². The molecular formula is C6H10F6O4. The SMILES string of the molecule is CC(=O)C(F)(F)F.CC(O)(O)C(F)(F)F.O. The standard InChI is InChI=1S/C3H5F3O2.C3H3F3O.H2O/c1-2(7,8)3(4,5)6;1-2(7)3(4,5)6;/h7-8H,1H3;1H3;1H2. The number of Topliss-reactive ketones (excluding diaryl/α,β-unsaturated/α-hetero) is 1. The van der Waals surface area contributed by atoms with Crippen LogP contribution in [0.4, 0.5) is 26.3 Å². The van der Waals surface area contributed by atoms with Crippen LogP contribution in [0, 0.1) is 0 Å². The zero-order chi connectivity index (χ0) is 13.1. The Morgan fingerprint density at radius 2 is 1.12 bits per heavy atom. The van der Waals surface area contributed by atoms with E-state index in [0.717, 1.165) is 0 Å². The van der Waals surface area contributed by atoms with Crippen molar-refractivity contribution in [3.63, 3.8) is 0 Å². The fraction of sp³-hybridized carbons (Fsp3) is 0.833. The number of carbonyl (C=O) groups excluding carboxylic acids is 1. The average Bonchev–Trinajstić information content (AvgIpc) is 1.80. The molecule has 0 rings (SSSR count). The molecule has 0 aromatic heterocycles. The van der Waals surface area contributed by atoms with Crippen LogP contribution in [0.25, 0.3) is 0 Å². The molecule has 0 heterocycles. The van der Waals surface area contributed by atoms with Gasteiger partial charge in [-0.3, -0.25) is 4.79 Å². The summed E-state index contributed by atoms with van der Waals surface area (Å²) < 4.78 is 65.7. The zero-order valence-electron chi connectivity index (χ0n) is 8.07. The molecule has 0 atom stereocenters. The van der Waals surface area contributed by atoms with Crippen molar-refractivity contribution in [1.29, 1.82) is 0 Å². The Balaban J connectivity index is -0.000000200. The maximum atomic E-state index is 11.1. The Hall–Kier alpha value is -0.870. The number of rotatable bonds is 0. The smallest absolute Gasteiger partial charge is 0.412 e. The van der Waals surface area contributed by atoms with Crippen LogP contribution in [-0.2, 0) is 4.79 Å². The van der Waals surface area contributed by atoms with Crippen molar-refractivity contribution in [1.82, 2.24) is 0 Å². The average molecular weight is 260 g/mol. The molecule has 0 amide bonds. The first-order valence-electron chi connectivity index (χ1n) is 3.29. The van der Waals surface area contributed by atoms with E-state index < -0.39 is 23.9 Å². The molecule has 16 heavy (non-hydrogen) atoms. The minimum atomic E-state index is -4.95. The fourth-order valence-electron chi connectivity index (χ4n) is 0.